The molecular weight excluding hydrogens is 264 g/mol. The van der Waals surface area contributed by atoms with Gasteiger partial charge in [-0.05, 0) is 49.2 Å². The van der Waals surface area contributed by atoms with Crippen LogP contribution in [0.5, 0.6) is 0 Å². The number of nitrogen functional groups attached to an aromatic ring is 1. The molecule has 0 spiro atoms. The minimum atomic E-state index is -0.305. The first-order chi connectivity index (χ1) is 10.0. The molecule has 0 saturated heterocycles. The third-order valence-electron chi connectivity index (χ3n) is 2.91. The maximum absolute atomic E-state index is 11.9. The molecule has 2 amide bonds. The molecule has 21 heavy (non-hydrogen) atoms. The van der Waals surface area contributed by atoms with E-state index >= 15 is 0 Å². The van der Waals surface area contributed by atoms with Crippen LogP contribution < -0.4 is 22.1 Å². The standard InChI is InChI=1S/C16H20N4O/c1-11(17)9-12-5-7-14(8-6-12)19-16(21)20-15-4-2-3-13(18)10-15/h2-8,10-11H,9,17-18H2,1H3,(H2,19,20,21). The van der Waals surface area contributed by atoms with Gasteiger partial charge < -0.3 is 22.1 Å². The van der Waals surface area contributed by atoms with Gasteiger partial charge in [-0.15, -0.1) is 0 Å². The fourth-order valence-electron chi connectivity index (χ4n) is 2.01. The van der Waals surface area contributed by atoms with E-state index < -0.39 is 0 Å². The number of carbonyl (C=O) groups is 1. The lowest BCUT2D eigenvalue weighted by molar-refractivity contribution is 0.262. The number of nitrogens with one attached hydrogen (secondary N) is 2. The summed E-state index contributed by atoms with van der Waals surface area (Å²) in [6.45, 7) is 1.96. The summed E-state index contributed by atoms with van der Waals surface area (Å²) in [5, 5.41) is 5.50. The van der Waals surface area contributed by atoms with Crippen LogP contribution in [0.2, 0.25) is 0 Å². The Kier molecular flexibility index (Phi) is 4.79. The second-order valence-electron chi connectivity index (χ2n) is 5.08. The molecule has 1 unspecified atom stereocenters. The summed E-state index contributed by atoms with van der Waals surface area (Å²) in [6.07, 6.45) is 0.815. The summed E-state index contributed by atoms with van der Waals surface area (Å²) in [6, 6.07) is 14.5. The van der Waals surface area contributed by atoms with Crippen molar-refractivity contribution in [3.05, 3.63) is 54.1 Å². The fraction of sp³-hybridized carbons (Fsp3) is 0.188. The smallest absolute Gasteiger partial charge is 0.323 e. The van der Waals surface area contributed by atoms with Crippen LogP contribution in [-0.2, 0) is 6.42 Å². The summed E-state index contributed by atoms with van der Waals surface area (Å²) in [7, 11) is 0. The Bertz CT molecular complexity index is 608. The molecule has 2 aromatic carbocycles. The normalized spacial score (nSPS) is 11.7. The van der Waals surface area contributed by atoms with Gasteiger partial charge >= 0.3 is 6.03 Å². The van der Waals surface area contributed by atoms with Crippen molar-refractivity contribution in [3.63, 3.8) is 0 Å². The van der Waals surface area contributed by atoms with Crippen molar-refractivity contribution < 1.29 is 4.79 Å². The van der Waals surface area contributed by atoms with E-state index in [2.05, 4.69) is 10.6 Å². The van der Waals surface area contributed by atoms with Gasteiger partial charge in [0.15, 0.2) is 0 Å². The van der Waals surface area contributed by atoms with E-state index in [1.165, 1.54) is 0 Å². The molecular formula is C16H20N4O. The van der Waals surface area contributed by atoms with Gasteiger partial charge in [0.1, 0.15) is 0 Å². The van der Waals surface area contributed by atoms with Gasteiger partial charge in [-0.25, -0.2) is 4.79 Å². The number of benzene rings is 2. The second kappa shape index (κ2) is 6.76. The Morgan fingerprint density at radius 2 is 1.76 bits per heavy atom. The number of nitrogens with two attached hydrogens (primary N) is 2. The van der Waals surface area contributed by atoms with Gasteiger partial charge in [-0.1, -0.05) is 18.2 Å². The summed E-state index contributed by atoms with van der Waals surface area (Å²) in [4.78, 5) is 11.9. The molecule has 1 atom stereocenters. The van der Waals surface area contributed by atoms with Crippen molar-refractivity contribution in [1.29, 1.82) is 0 Å². The second-order valence-corrected chi connectivity index (χ2v) is 5.08. The van der Waals surface area contributed by atoms with E-state index in [-0.39, 0.29) is 12.1 Å². The maximum Gasteiger partial charge on any atom is 0.323 e. The van der Waals surface area contributed by atoms with Crippen LogP contribution in [0, 0.1) is 0 Å². The molecule has 5 heteroatoms. The van der Waals surface area contributed by atoms with Crippen molar-refractivity contribution in [2.45, 2.75) is 19.4 Å². The molecule has 0 radical (unpaired) electrons. The first kappa shape index (κ1) is 14.9. The van der Waals surface area contributed by atoms with Crippen molar-refractivity contribution in [2.75, 3.05) is 16.4 Å². The van der Waals surface area contributed by atoms with Crippen LogP contribution >= 0.6 is 0 Å². The summed E-state index contributed by atoms with van der Waals surface area (Å²) < 4.78 is 0. The van der Waals surface area contributed by atoms with E-state index in [1.807, 2.05) is 31.2 Å². The largest absolute Gasteiger partial charge is 0.399 e. The van der Waals surface area contributed by atoms with Gasteiger partial charge in [0, 0.05) is 23.1 Å². The number of carbonyl (C=O) groups excluding carboxylic acids is 1. The monoisotopic (exact) mass is 284 g/mol. The Balaban J connectivity index is 1.93. The average Bonchev–Trinajstić information content (AvgIpc) is 2.40. The summed E-state index contributed by atoms with van der Waals surface area (Å²) in [5.74, 6) is 0. The molecule has 110 valence electrons. The molecule has 0 bridgehead atoms. The summed E-state index contributed by atoms with van der Waals surface area (Å²) in [5.41, 5.74) is 14.5. The molecule has 0 saturated carbocycles. The van der Waals surface area contributed by atoms with E-state index in [0.29, 0.717) is 11.4 Å². The van der Waals surface area contributed by atoms with Crippen LogP contribution in [0.1, 0.15) is 12.5 Å². The highest BCUT2D eigenvalue weighted by molar-refractivity contribution is 5.99. The highest BCUT2D eigenvalue weighted by atomic mass is 16.2. The molecule has 2 rings (SSSR count). The van der Waals surface area contributed by atoms with Gasteiger partial charge in [-0.2, -0.15) is 0 Å². The number of amides is 2. The summed E-state index contributed by atoms with van der Waals surface area (Å²) >= 11 is 0. The number of anilines is 3. The van der Waals surface area contributed by atoms with Crippen molar-refractivity contribution in [1.82, 2.24) is 0 Å². The van der Waals surface area contributed by atoms with Gasteiger partial charge in [0.2, 0.25) is 0 Å². The Hall–Kier alpha value is -2.53. The molecule has 6 N–H and O–H groups in total. The van der Waals surface area contributed by atoms with E-state index in [4.69, 9.17) is 11.5 Å². The van der Waals surface area contributed by atoms with Crippen molar-refractivity contribution in [3.8, 4) is 0 Å². The maximum atomic E-state index is 11.9. The predicted molar refractivity (Wildman–Crippen MR) is 87.3 cm³/mol. The van der Waals surface area contributed by atoms with E-state index in [0.717, 1.165) is 17.7 Å². The molecule has 0 heterocycles. The van der Waals surface area contributed by atoms with Crippen LogP contribution in [-0.4, -0.2) is 12.1 Å². The third-order valence-corrected chi connectivity index (χ3v) is 2.91. The molecule has 2 aromatic rings. The Labute approximate surface area is 124 Å². The van der Waals surface area contributed by atoms with Gasteiger partial charge in [0.25, 0.3) is 0 Å². The molecule has 5 nitrogen and oxygen atoms in total. The SMILES string of the molecule is CC(N)Cc1ccc(NC(=O)Nc2cccc(N)c2)cc1. The van der Waals surface area contributed by atoms with Gasteiger partial charge in [-0.3, -0.25) is 0 Å². The lowest BCUT2D eigenvalue weighted by Gasteiger charge is -2.09. The van der Waals surface area contributed by atoms with Crippen molar-refractivity contribution >= 4 is 23.1 Å². The molecule has 0 aliphatic carbocycles. The van der Waals surface area contributed by atoms with Crippen LogP contribution in [0.4, 0.5) is 21.9 Å². The highest BCUT2D eigenvalue weighted by Crippen LogP contribution is 2.14. The predicted octanol–water partition coefficient (Wildman–Crippen LogP) is 2.80. The van der Waals surface area contributed by atoms with E-state index in [1.54, 1.807) is 24.3 Å². The number of urea groups is 1. The lowest BCUT2D eigenvalue weighted by Crippen LogP contribution is -2.20. The Morgan fingerprint density at radius 3 is 2.38 bits per heavy atom. The minimum Gasteiger partial charge on any atom is -0.399 e. The first-order valence-electron chi connectivity index (χ1n) is 6.81. The third kappa shape index (κ3) is 4.81. The molecule has 0 aliphatic heterocycles. The van der Waals surface area contributed by atoms with Crippen LogP contribution in [0.15, 0.2) is 48.5 Å². The molecule has 0 fully saturated rings. The number of rotatable bonds is 4. The highest BCUT2D eigenvalue weighted by Gasteiger charge is 2.03. The minimum absolute atomic E-state index is 0.121. The molecule has 0 aliphatic rings. The quantitative estimate of drug-likeness (QED) is 0.650. The Morgan fingerprint density at radius 1 is 1.10 bits per heavy atom. The molecule has 0 aromatic heterocycles. The zero-order chi connectivity index (χ0) is 15.2. The number of hydrogen-bond donors (Lipinski definition) is 4. The first-order valence-corrected chi connectivity index (χ1v) is 6.81. The van der Waals surface area contributed by atoms with Crippen LogP contribution in [0.3, 0.4) is 0 Å². The number of hydrogen-bond acceptors (Lipinski definition) is 3. The van der Waals surface area contributed by atoms with Crippen molar-refractivity contribution in [2.24, 2.45) is 5.73 Å². The average molecular weight is 284 g/mol. The topological polar surface area (TPSA) is 93.2 Å². The van der Waals surface area contributed by atoms with Crippen LogP contribution in [0.25, 0.3) is 0 Å². The van der Waals surface area contributed by atoms with E-state index in [9.17, 15) is 4.79 Å². The zero-order valence-corrected chi connectivity index (χ0v) is 12.0. The zero-order valence-electron chi connectivity index (χ0n) is 12.0. The fourth-order valence-corrected chi connectivity index (χ4v) is 2.01. The lowest BCUT2D eigenvalue weighted by atomic mass is 10.1. The van der Waals surface area contributed by atoms with Gasteiger partial charge in [0.05, 0.1) is 0 Å².